The number of rotatable bonds is 9. The third kappa shape index (κ3) is 6.75. The number of likely N-dealkylation sites (N-methyl/N-ethyl adjacent to an activating group) is 1. The molecule has 2 aromatic rings. The van der Waals surface area contributed by atoms with Gasteiger partial charge in [-0.05, 0) is 55.4 Å². The van der Waals surface area contributed by atoms with E-state index >= 15 is 0 Å². The SMILES string of the molecule is CCCOC(=O)c1ccc(NC(=O)CN(C)Cc2cccc(OC)c2)cc1. The van der Waals surface area contributed by atoms with Gasteiger partial charge in [-0.1, -0.05) is 19.1 Å². The van der Waals surface area contributed by atoms with Gasteiger partial charge in [-0.15, -0.1) is 0 Å². The van der Waals surface area contributed by atoms with Crippen LogP contribution in [0.3, 0.4) is 0 Å². The van der Waals surface area contributed by atoms with Gasteiger partial charge in [0.2, 0.25) is 5.91 Å². The largest absolute Gasteiger partial charge is 0.497 e. The molecule has 0 bridgehead atoms. The number of hydrogen-bond donors (Lipinski definition) is 1. The number of nitrogens with one attached hydrogen (secondary N) is 1. The molecular weight excluding hydrogens is 344 g/mol. The van der Waals surface area contributed by atoms with E-state index in [9.17, 15) is 9.59 Å². The molecule has 144 valence electrons. The molecule has 0 aliphatic heterocycles. The summed E-state index contributed by atoms with van der Waals surface area (Å²) in [5.41, 5.74) is 2.18. The number of hydrogen-bond acceptors (Lipinski definition) is 5. The van der Waals surface area contributed by atoms with Crippen molar-refractivity contribution in [3.63, 3.8) is 0 Å². The van der Waals surface area contributed by atoms with E-state index in [0.29, 0.717) is 24.4 Å². The maximum absolute atomic E-state index is 12.2. The molecule has 0 spiro atoms. The van der Waals surface area contributed by atoms with Gasteiger partial charge in [0, 0.05) is 12.2 Å². The predicted octanol–water partition coefficient (Wildman–Crippen LogP) is 3.33. The lowest BCUT2D eigenvalue weighted by Crippen LogP contribution is -2.29. The Hall–Kier alpha value is -2.86. The van der Waals surface area contributed by atoms with Crippen molar-refractivity contribution in [2.75, 3.05) is 32.6 Å². The lowest BCUT2D eigenvalue weighted by atomic mass is 10.2. The molecule has 0 saturated carbocycles. The minimum absolute atomic E-state index is 0.123. The molecule has 6 heteroatoms. The summed E-state index contributed by atoms with van der Waals surface area (Å²) >= 11 is 0. The van der Waals surface area contributed by atoms with Crippen LogP contribution in [-0.2, 0) is 16.1 Å². The van der Waals surface area contributed by atoms with Crippen LogP contribution in [0, 0.1) is 0 Å². The first-order valence-electron chi connectivity index (χ1n) is 8.90. The highest BCUT2D eigenvalue weighted by Crippen LogP contribution is 2.14. The third-order valence-electron chi connectivity index (χ3n) is 3.84. The van der Waals surface area contributed by atoms with Crippen molar-refractivity contribution in [2.24, 2.45) is 0 Å². The van der Waals surface area contributed by atoms with E-state index < -0.39 is 0 Å². The van der Waals surface area contributed by atoms with Crippen LogP contribution in [0.1, 0.15) is 29.3 Å². The Balaban J connectivity index is 1.84. The molecule has 0 aliphatic carbocycles. The number of nitrogens with zero attached hydrogens (tertiary/aromatic N) is 1. The van der Waals surface area contributed by atoms with Gasteiger partial charge in [-0.2, -0.15) is 0 Å². The summed E-state index contributed by atoms with van der Waals surface area (Å²) in [5.74, 6) is 0.317. The summed E-state index contributed by atoms with van der Waals surface area (Å²) in [4.78, 5) is 25.9. The highest BCUT2D eigenvalue weighted by Gasteiger charge is 2.10. The van der Waals surface area contributed by atoms with Gasteiger partial charge < -0.3 is 14.8 Å². The number of ether oxygens (including phenoxy) is 2. The monoisotopic (exact) mass is 370 g/mol. The molecule has 0 fully saturated rings. The van der Waals surface area contributed by atoms with Gasteiger partial charge in [0.1, 0.15) is 5.75 Å². The van der Waals surface area contributed by atoms with Gasteiger partial charge in [0.25, 0.3) is 0 Å². The predicted molar refractivity (Wildman–Crippen MR) is 105 cm³/mol. The summed E-state index contributed by atoms with van der Waals surface area (Å²) in [6.45, 7) is 3.22. The molecular formula is C21H26N2O4. The molecule has 0 aromatic heterocycles. The Morgan fingerprint density at radius 1 is 1.11 bits per heavy atom. The highest BCUT2D eigenvalue weighted by molar-refractivity contribution is 5.94. The fraction of sp³-hybridized carbons (Fsp3) is 0.333. The topological polar surface area (TPSA) is 67.9 Å². The normalized spacial score (nSPS) is 10.5. The molecule has 1 N–H and O–H groups in total. The minimum atomic E-state index is -0.354. The highest BCUT2D eigenvalue weighted by atomic mass is 16.5. The number of benzene rings is 2. The van der Waals surface area contributed by atoms with Crippen molar-refractivity contribution in [2.45, 2.75) is 19.9 Å². The molecule has 0 radical (unpaired) electrons. The van der Waals surface area contributed by atoms with E-state index in [4.69, 9.17) is 9.47 Å². The first-order chi connectivity index (χ1) is 13.0. The Morgan fingerprint density at radius 3 is 2.52 bits per heavy atom. The molecule has 0 aliphatic rings. The van der Waals surface area contributed by atoms with Gasteiger partial charge in [0.05, 0.1) is 25.8 Å². The van der Waals surface area contributed by atoms with Gasteiger partial charge in [-0.3, -0.25) is 9.69 Å². The zero-order chi connectivity index (χ0) is 19.6. The van der Waals surface area contributed by atoms with E-state index in [1.807, 2.05) is 43.1 Å². The van der Waals surface area contributed by atoms with E-state index in [1.54, 1.807) is 31.4 Å². The van der Waals surface area contributed by atoms with Crippen LogP contribution in [0.25, 0.3) is 0 Å². The average molecular weight is 370 g/mol. The van der Waals surface area contributed by atoms with E-state index in [-0.39, 0.29) is 18.4 Å². The summed E-state index contributed by atoms with van der Waals surface area (Å²) in [5, 5.41) is 2.83. The number of amides is 1. The molecule has 2 rings (SSSR count). The smallest absolute Gasteiger partial charge is 0.338 e. The molecule has 6 nitrogen and oxygen atoms in total. The Morgan fingerprint density at radius 2 is 1.85 bits per heavy atom. The quantitative estimate of drug-likeness (QED) is 0.686. The second-order valence-electron chi connectivity index (χ2n) is 6.29. The molecule has 1 amide bonds. The molecule has 0 unspecified atom stereocenters. The van der Waals surface area contributed by atoms with Gasteiger partial charge >= 0.3 is 5.97 Å². The number of carbonyl (C=O) groups excluding carboxylic acids is 2. The Bertz CT molecular complexity index is 759. The zero-order valence-corrected chi connectivity index (χ0v) is 16.0. The standard InChI is InChI=1S/C21H26N2O4/c1-4-12-27-21(25)17-8-10-18(11-9-17)22-20(24)15-23(2)14-16-6-5-7-19(13-16)26-3/h5-11,13H,4,12,14-15H2,1-3H3,(H,22,24). The van der Waals surface area contributed by atoms with Crippen molar-refractivity contribution in [3.8, 4) is 5.75 Å². The van der Waals surface area contributed by atoms with Crippen LogP contribution in [0.2, 0.25) is 0 Å². The van der Waals surface area contributed by atoms with Crippen LogP contribution in [0.15, 0.2) is 48.5 Å². The van der Waals surface area contributed by atoms with Crippen LogP contribution >= 0.6 is 0 Å². The average Bonchev–Trinajstić information content (AvgIpc) is 2.66. The van der Waals surface area contributed by atoms with Crippen molar-refractivity contribution in [1.29, 1.82) is 0 Å². The Labute approximate surface area is 160 Å². The first kappa shape index (κ1) is 20.5. The molecule has 0 atom stereocenters. The van der Waals surface area contributed by atoms with E-state index in [2.05, 4.69) is 5.32 Å². The fourth-order valence-electron chi connectivity index (χ4n) is 2.55. The zero-order valence-electron chi connectivity index (χ0n) is 16.0. The van der Waals surface area contributed by atoms with Crippen molar-refractivity contribution in [1.82, 2.24) is 4.90 Å². The molecule has 0 saturated heterocycles. The van der Waals surface area contributed by atoms with Gasteiger partial charge in [-0.25, -0.2) is 4.79 Å². The summed E-state index contributed by atoms with van der Waals surface area (Å²) in [6.07, 6.45) is 0.781. The second-order valence-corrected chi connectivity index (χ2v) is 6.29. The van der Waals surface area contributed by atoms with Crippen LogP contribution in [0.5, 0.6) is 5.75 Å². The lowest BCUT2D eigenvalue weighted by Gasteiger charge is -2.17. The molecule has 27 heavy (non-hydrogen) atoms. The van der Waals surface area contributed by atoms with E-state index in [0.717, 1.165) is 17.7 Å². The first-order valence-corrected chi connectivity index (χ1v) is 8.90. The summed E-state index contributed by atoms with van der Waals surface area (Å²) < 4.78 is 10.3. The van der Waals surface area contributed by atoms with Crippen LogP contribution in [0.4, 0.5) is 5.69 Å². The minimum Gasteiger partial charge on any atom is -0.497 e. The van der Waals surface area contributed by atoms with Crippen LogP contribution in [-0.4, -0.2) is 44.1 Å². The lowest BCUT2D eigenvalue weighted by molar-refractivity contribution is -0.117. The van der Waals surface area contributed by atoms with Gasteiger partial charge in [0.15, 0.2) is 0 Å². The fourth-order valence-corrected chi connectivity index (χ4v) is 2.55. The maximum Gasteiger partial charge on any atom is 0.338 e. The Kier molecular flexibility index (Phi) is 7.82. The second kappa shape index (κ2) is 10.3. The van der Waals surface area contributed by atoms with E-state index in [1.165, 1.54) is 0 Å². The maximum atomic E-state index is 12.2. The summed E-state index contributed by atoms with van der Waals surface area (Å²) in [6, 6.07) is 14.4. The van der Waals surface area contributed by atoms with Crippen molar-refractivity contribution < 1.29 is 19.1 Å². The number of esters is 1. The molecule has 0 heterocycles. The third-order valence-corrected chi connectivity index (χ3v) is 3.84. The number of carbonyl (C=O) groups is 2. The number of anilines is 1. The van der Waals surface area contributed by atoms with Crippen molar-refractivity contribution in [3.05, 3.63) is 59.7 Å². The number of methoxy groups -OCH3 is 1. The summed E-state index contributed by atoms with van der Waals surface area (Å²) in [7, 11) is 3.51. The van der Waals surface area contributed by atoms with Crippen LogP contribution < -0.4 is 10.1 Å². The van der Waals surface area contributed by atoms with Crippen molar-refractivity contribution >= 4 is 17.6 Å². The molecule has 2 aromatic carbocycles.